The Morgan fingerprint density at radius 1 is 1.00 bits per heavy atom. The molecule has 0 radical (unpaired) electrons. The number of hydrogen-bond acceptors (Lipinski definition) is 2. The van der Waals surface area contributed by atoms with Gasteiger partial charge in [-0.2, -0.15) is 0 Å². The van der Waals surface area contributed by atoms with Crippen LogP contribution in [0.1, 0.15) is 18.4 Å². The first-order valence-corrected chi connectivity index (χ1v) is 8.54. The molecule has 1 fully saturated rings. The van der Waals surface area contributed by atoms with Crippen molar-refractivity contribution in [2.24, 2.45) is 0 Å². The van der Waals surface area contributed by atoms with Gasteiger partial charge in [-0.05, 0) is 27.6 Å². The van der Waals surface area contributed by atoms with E-state index in [1.54, 1.807) is 0 Å². The number of fused-ring (bicyclic) bond motifs is 2. The van der Waals surface area contributed by atoms with E-state index in [1.807, 2.05) is 24.3 Å². The monoisotopic (exact) mass is 354 g/mol. The Hall–Kier alpha value is -1.87. The number of hydrogen-bond donors (Lipinski definition) is 0. The molecule has 110 valence electrons. The number of alkyl halides is 1. The van der Waals surface area contributed by atoms with E-state index in [0.29, 0.717) is 11.8 Å². The molecule has 1 heterocycles. The molecule has 1 aliphatic rings. The summed E-state index contributed by atoms with van der Waals surface area (Å²) in [5.74, 6) is -0.114. The van der Waals surface area contributed by atoms with Crippen LogP contribution in [0.5, 0.6) is 0 Å². The SMILES string of the molecule is O=C1CC[C@](CBr)(c2c3ccccc3cc3ccccc23)O1. The topological polar surface area (TPSA) is 26.3 Å². The lowest BCUT2D eigenvalue weighted by atomic mass is 9.84. The molecule has 1 saturated heterocycles. The lowest BCUT2D eigenvalue weighted by Crippen LogP contribution is -2.28. The standard InChI is InChI=1S/C19H15BrO2/c20-12-19(10-9-17(21)22-19)18-15-7-3-1-5-13(15)11-14-6-2-4-8-16(14)18/h1-8,11H,9-10,12H2/t19-/m0/s1. The average molecular weight is 355 g/mol. The Bertz CT molecular complexity index is 833. The lowest BCUT2D eigenvalue weighted by molar-refractivity contribution is -0.147. The van der Waals surface area contributed by atoms with Crippen molar-refractivity contribution in [2.45, 2.75) is 18.4 Å². The predicted molar refractivity (Wildman–Crippen MR) is 92.3 cm³/mol. The van der Waals surface area contributed by atoms with Crippen LogP contribution < -0.4 is 0 Å². The van der Waals surface area contributed by atoms with Crippen LogP contribution in [0.25, 0.3) is 21.5 Å². The number of cyclic esters (lactones) is 1. The van der Waals surface area contributed by atoms with Crippen LogP contribution in [-0.4, -0.2) is 11.3 Å². The van der Waals surface area contributed by atoms with Crippen LogP contribution in [0.2, 0.25) is 0 Å². The van der Waals surface area contributed by atoms with Gasteiger partial charge in [0, 0.05) is 23.7 Å². The van der Waals surface area contributed by atoms with Crippen molar-refractivity contribution in [1.29, 1.82) is 0 Å². The molecular formula is C19H15BrO2. The summed E-state index contributed by atoms with van der Waals surface area (Å²) in [6.07, 6.45) is 1.19. The van der Waals surface area contributed by atoms with Crippen molar-refractivity contribution >= 4 is 43.4 Å². The van der Waals surface area contributed by atoms with E-state index in [0.717, 1.165) is 22.8 Å². The largest absolute Gasteiger partial charge is 0.453 e. The van der Waals surface area contributed by atoms with Gasteiger partial charge in [-0.1, -0.05) is 64.5 Å². The van der Waals surface area contributed by atoms with Crippen LogP contribution in [0, 0.1) is 0 Å². The maximum atomic E-state index is 11.8. The van der Waals surface area contributed by atoms with Gasteiger partial charge in [0.2, 0.25) is 0 Å². The van der Waals surface area contributed by atoms with Crippen molar-refractivity contribution in [2.75, 3.05) is 5.33 Å². The maximum absolute atomic E-state index is 11.8. The van der Waals surface area contributed by atoms with Crippen molar-refractivity contribution in [1.82, 2.24) is 0 Å². The Morgan fingerprint density at radius 3 is 2.09 bits per heavy atom. The first kappa shape index (κ1) is 13.8. The third kappa shape index (κ3) is 1.96. The Labute approximate surface area is 137 Å². The second-order valence-corrected chi connectivity index (χ2v) is 6.36. The van der Waals surface area contributed by atoms with Crippen LogP contribution >= 0.6 is 15.9 Å². The fourth-order valence-corrected chi connectivity index (χ4v) is 4.14. The lowest BCUT2D eigenvalue weighted by Gasteiger charge is -2.29. The smallest absolute Gasteiger partial charge is 0.306 e. The minimum atomic E-state index is -0.572. The second kappa shape index (κ2) is 5.10. The molecule has 0 saturated carbocycles. The first-order valence-electron chi connectivity index (χ1n) is 7.42. The third-order valence-electron chi connectivity index (χ3n) is 4.48. The summed E-state index contributed by atoms with van der Waals surface area (Å²) in [5.41, 5.74) is 0.557. The highest BCUT2D eigenvalue weighted by molar-refractivity contribution is 9.09. The molecule has 0 N–H and O–H groups in total. The molecule has 2 nitrogen and oxygen atoms in total. The van der Waals surface area contributed by atoms with Gasteiger partial charge in [-0.25, -0.2) is 0 Å². The predicted octanol–water partition coefficient (Wildman–Crippen LogP) is 4.92. The van der Waals surface area contributed by atoms with Gasteiger partial charge >= 0.3 is 5.97 Å². The zero-order valence-corrected chi connectivity index (χ0v) is 13.6. The van der Waals surface area contributed by atoms with E-state index < -0.39 is 5.60 Å². The van der Waals surface area contributed by atoms with E-state index >= 15 is 0 Å². The Morgan fingerprint density at radius 2 is 1.59 bits per heavy atom. The summed E-state index contributed by atoms with van der Waals surface area (Å²) in [5, 5.41) is 5.30. The molecule has 22 heavy (non-hydrogen) atoms. The minimum absolute atomic E-state index is 0.114. The quantitative estimate of drug-likeness (QED) is 0.371. The molecule has 0 spiro atoms. The van der Waals surface area contributed by atoms with Gasteiger partial charge in [0.05, 0.1) is 0 Å². The van der Waals surface area contributed by atoms with Gasteiger partial charge in [0.1, 0.15) is 5.60 Å². The van der Waals surface area contributed by atoms with Crippen molar-refractivity contribution in [3.05, 3.63) is 60.2 Å². The van der Waals surface area contributed by atoms with Gasteiger partial charge in [0.15, 0.2) is 0 Å². The average Bonchev–Trinajstić information content (AvgIpc) is 2.94. The summed E-state index contributed by atoms with van der Waals surface area (Å²) in [4.78, 5) is 11.8. The molecule has 1 atom stereocenters. The van der Waals surface area contributed by atoms with E-state index in [9.17, 15) is 4.79 Å². The highest BCUT2D eigenvalue weighted by atomic mass is 79.9. The summed E-state index contributed by atoms with van der Waals surface area (Å²) in [6.45, 7) is 0. The summed E-state index contributed by atoms with van der Waals surface area (Å²) < 4.78 is 5.81. The van der Waals surface area contributed by atoms with Crippen LogP contribution in [-0.2, 0) is 15.1 Å². The molecule has 1 aliphatic heterocycles. The summed E-state index contributed by atoms with van der Waals surface area (Å²) in [7, 11) is 0. The van der Waals surface area contributed by atoms with Crippen LogP contribution in [0.3, 0.4) is 0 Å². The van der Waals surface area contributed by atoms with Crippen LogP contribution in [0.4, 0.5) is 0 Å². The highest BCUT2D eigenvalue weighted by Crippen LogP contribution is 2.45. The van der Waals surface area contributed by atoms with Gasteiger partial charge < -0.3 is 4.74 Å². The fraction of sp³-hybridized carbons (Fsp3) is 0.211. The summed E-state index contributed by atoms with van der Waals surface area (Å²) in [6, 6.07) is 18.8. The number of benzene rings is 3. The van der Waals surface area contributed by atoms with Gasteiger partial charge in [0.25, 0.3) is 0 Å². The molecule has 3 aromatic rings. The third-order valence-corrected chi connectivity index (χ3v) is 5.39. The van der Waals surface area contributed by atoms with E-state index in [4.69, 9.17) is 4.74 Å². The second-order valence-electron chi connectivity index (χ2n) is 5.80. The molecule has 3 aromatic carbocycles. The Balaban J connectivity index is 2.15. The molecule has 3 heteroatoms. The van der Waals surface area contributed by atoms with Crippen LogP contribution in [0.15, 0.2) is 54.6 Å². The van der Waals surface area contributed by atoms with E-state index in [2.05, 4.69) is 46.3 Å². The molecule has 0 aromatic heterocycles. The molecule has 0 aliphatic carbocycles. The number of carbonyl (C=O) groups is 1. The summed E-state index contributed by atoms with van der Waals surface area (Å²) >= 11 is 3.59. The Kier molecular flexibility index (Phi) is 3.19. The molecule has 4 rings (SSSR count). The van der Waals surface area contributed by atoms with Crippen molar-refractivity contribution in [3.63, 3.8) is 0 Å². The normalized spacial score (nSPS) is 21.4. The number of halogens is 1. The molecule has 0 bridgehead atoms. The molecule has 0 amide bonds. The minimum Gasteiger partial charge on any atom is -0.453 e. The molecular weight excluding hydrogens is 340 g/mol. The molecule has 0 unspecified atom stereocenters. The van der Waals surface area contributed by atoms with Crippen molar-refractivity contribution in [3.8, 4) is 0 Å². The highest BCUT2D eigenvalue weighted by Gasteiger charge is 2.43. The maximum Gasteiger partial charge on any atom is 0.306 e. The zero-order valence-electron chi connectivity index (χ0n) is 12.0. The van der Waals surface area contributed by atoms with E-state index in [-0.39, 0.29) is 5.97 Å². The fourth-order valence-electron chi connectivity index (χ4n) is 3.47. The number of ether oxygens (including phenoxy) is 1. The van der Waals surface area contributed by atoms with Gasteiger partial charge in [-0.3, -0.25) is 4.79 Å². The van der Waals surface area contributed by atoms with E-state index in [1.165, 1.54) is 10.8 Å². The first-order chi connectivity index (χ1) is 10.7. The van der Waals surface area contributed by atoms with Crippen molar-refractivity contribution < 1.29 is 9.53 Å². The number of carbonyl (C=O) groups excluding carboxylic acids is 1. The number of rotatable bonds is 2. The number of esters is 1. The zero-order chi connectivity index (χ0) is 15.2. The van der Waals surface area contributed by atoms with Gasteiger partial charge in [-0.15, -0.1) is 0 Å².